The molecule has 1 fully saturated rings. The lowest BCUT2D eigenvalue weighted by Gasteiger charge is -2.22. The predicted octanol–water partition coefficient (Wildman–Crippen LogP) is 2.31. The largest absolute Gasteiger partial charge is 0.380 e. The zero-order chi connectivity index (χ0) is 20.1. The van der Waals surface area contributed by atoms with E-state index in [-0.39, 0.29) is 24.3 Å². The molecule has 1 aliphatic carbocycles. The van der Waals surface area contributed by atoms with Gasteiger partial charge < -0.3 is 10.6 Å². The molecule has 0 saturated heterocycles. The van der Waals surface area contributed by atoms with Crippen LogP contribution in [0.15, 0.2) is 48.5 Å². The molecule has 146 valence electrons. The third-order valence-electron chi connectivity index (χ3n) is 6.09. The molecule has 7 heteroatoms. The van der Waals surface area contributed by atoms with Crippen molar-refractivity contribution in [2.45, 2.75) is 18.9 Å². The Morgan fingerprint density at radius 3 is 2.21 bits per heavy atom. The van der Waals surface area contributed by atoms with Gasteiger partial charge >= 0.3 is 0 Å². The van der Waals surface area contributed by atoms with Crippen LogP contribution in [0.2, 0.25) is 0 Å². The number of hydrogen-bond donors (Lipinski definition) is 2. The second-order valence-corrected chi connectivity index (χ2v) is 7.70. The highest BCUT2D eigenvalue weighted by molar-refractivity contribution is 6.22. The Labute approximate surface area is 167 Å². The number of benzene rings is 2. The molecule has 0 spiro atoms. The topological polar surface area (TPSA) is 95.6 Å². The Kier molecular flexibility index (Phi) is 3.97. The van der Waals surface area contributed by atoms with Gasteiger partial charge in [-0.15, -0.1) is 0 Å². The minimum Gasteiger partial charge on any atom is -0.380 e. The van der Waals surface area contributed by atoms with Gasteiger partial charge in [-0.1, -0.05) is 24.3 Å². The molecule has 0 aromatic heterocycles. The Hall–Kier alpha value is -3.48. The number of amides is 3. The molecule has 3 aliphatic rings. The quantitative estimate of drug-likeness (QED) is 0.786. The van der Waals surface area contributed by atoms with Crippen molar-refractivity contribution in [3.8, 4) is 0 Å². The van der Waals surface area contributed by atoms with E-state index >= 15 is 0 Å². The molecule has 2 N–H and O–H groups in total. The molecular formula is C22H19N3O4. The molecule has 7 nitrogen and oxygen atoms in total. The number of anilines is 2. The normalized spacial score (nSPS) is 24.9. The highest BCUT2D eigenvalue weighted by Gasteiger charge is 2.47. The maximum absolute atomic E-state index is 13.1. The number of carbonyl (C=O) groups is 4. The maximum Gasteiger partial charge on any atom is 0.261 e. The van der Waals surface area contributed by atoms with Gasteiger partial charge in [0.1, 0.15) is 0 Å². The minimum atomic E-state index is -0.537. The number of nitrogens with zero attached hydrogens (tertiary/aromatic N) is 1. The second-order valence-electron chi connectivity index (χ2n) is 7.70. The molecule has 2 aromatic carbocycles. The number of imide groups is 1. The van der Waals surface area contributed by atoms with E-state index in [1.807, 2.05) is 24.3 Å². The van der Waals surface area contributed by atoms with Gasteiger partial charge in [0, 0.05) is 12.0 Å². The SMILES string of the molecule is O=C(CN1C(=O)c2ccccc2C1=O)C1CCC2Nc3ccccc3NC(=O)C21. The first kappa shape index (κ1) is 17.6. The monoisotopic (exact) mass is 389 g/mol. The van der Waals surface area contributed by atoms with Crippen molar-refractivity contribution >= 4 is 34.9 Å². The molecule has 0 bridgehead atoms. The predicted molar refractivity (Wildman–Crippen MR) is 106 cm³/mol. The molecule has 29 heavy (non-hydrogen) atoms. The summed E-state index contributed by atoms with van der Waals surface area (Å²) in [6.45, 7) is -0.305. The Morgan fingerprint density at radius 1 is 0.897 bits per heavy atom. The molecule has 3 unspecified atom stereocenters. The van der Waals surface area contributed by atoms with Gasteiger partial charge in [-0.05, 0) is 37.1 Å². The fourth-order valence-electron chi connectivity index (χ4n) is 4.68. The summed E-state index contributed by atoms with van der Waals surface area (Å²) < 4.78 is 0. The Morgan fingerprint density at radius 2 is 1.52 bits per heavy atom. The average Bonchev–Trinajstić information content (AvgIpc) is 3.20. The van der Waals surface area contributed by atoms with Crippen LogP contribution in [0.1, 0.15) is 33.6 Å². The summed E-state index contributed by atoms with van der Waals surface area (Å²) in [5, 5.41) is 6.28. The molecule has 1 saturated carbocycles. The first-order chi connectivity index (χ1) is 14.0. The van der Waals surface area contributed by atoms with Gasteiger partial charge in [-0.3, -0.25) is 24.1 Å². The molecule has 0 radical (unpaired) electrons. The van der Waals surface area contributed by atoms with Crippen molar-refractivity contribution < 1.29 is 19.2 Å². The van der Waals surface area contributed by atoms with Crippen molar-refractivity contribution in [1.82, 2.24) is 4.90 Å². The number of para-hydroxylation sites is 2. The van der Waals surface area contributed by atoms with Gasteiger partial charge in [0.2, 0.25) is 5.91 Å². The molecule has 3 amide bonds. The smallest absolute Gasteiger partial charge is 0.261 e. The van der Waals surface area contributed by atoms with Crippen LogP contribution < -0.4 is 10.6 Å². The summed E-state index contributed by atoms with van der Waals surface area (Å²) in [6, 6.07) is 13.8. The van der Waals surface area contributed by atoms with Gasteiger partial charge in [0.15, 0.2) is 5.78 Å². The summed E-state index contributed by atoms with van der Waals surface area (Å²) in [7, 11) is 0. The fourth-order valence-corrected chi connectivity index (χ4v) is 4.68. The van der Waals surface area contributed by atoms with Crippen LogP contribution in [0.5, 0.6) is 0 Å². The van der Waals surface area contributed by atoms with Crippen molar-refractivity contribution in [3.63, 3.8) is 0 Å². The van der Waals surface area contributed by atoms with E-state index in [4.69, 9.17) is 0 Å². The lowest BCUT2D eigenvalue weighted by molar-refractivity contribution is -0.130. The second kappa shape index (κ2) is 6.55. The van der Waals surface area contributed by atoms with E-state index in [1.54, 1.807) is 24.3 Å². The number of nitrogens with one attached hydrogen (secondary N) is 2. The molecule has 2 aliphatic heterocycles. The summed E-state index contributed by atoms with van der Waals surface area (Å²) in [6.07, 6.45) is 1.21. The van der Waals surface area contributed by atoms with Gasteiger partial charge in [0.05, 0.1) is 35.0 Å². The standard InChI is InChI=1S/C22H19N3O4/c26-18(11-25-21(28)12-5-1-2-6-13(12)22(25)29)14-9-10-17-19(14)20(27)24-16-8-4-3-7-15(16)23-17/h1-8,14,17,19,23H,9-11H2,(H,24,27). The van der Waals surface area contributed by atoms with Crippen LogP contribution in [0.3, 0.4) is 0 Å². The Bertz CT molecular complexity index is 1030. The van der Waals surface area contributed by atoms with E-state index in [0.29, 0.717) is 29.7 Å². The van der Waals surface area contributed by atoms with E-state index in [1.165, 1.54) is 0 Å². The van der Waals surface area contributed by atoms with Crippen LogP contribution >= 0.6 is 0 Å². The van der Waals surface area contributed by atoms with E-state index in [9.17, 15) is 19.2 Å². The van der Waals surface area contributed by atoms with E-state index < -0.39 is 23.7 Å². The van der Waals surface area contributed by atoms with Crippen LogP contribution in [-0.4, -0.2) is 41.0 Å². The summed E-state index contributed by atoms with van der Waals surface area (Å²) in [5.41, 5.74) is 2.16. The minimum absolute atomic E-state index is 0.158. The van der Waals surface area contributed by atoms with Crippen molar-refractivity contribution in [2.75, 3.05) is 17.2 Å². The average molecular weight is 389 g/mol. The number of fused-ring (bicyclic) bond motifs is 3. The van der Waals surface area contributed by atoms with Crippen LogP contribution in [0.4, 0.5) is 11.4 Å². The third-order valence-corrected chi connectivity index (χ3v) is 6.09. The summed E-state index contributed by atoms with van der Waals surface area (Å²) >= 11 is 0. The number of ketones is 1. The molecule has 3 atom stereocenters. The molecule has 2 heterocycles. The van der Waals surface area contributed by atoms with Crippen LogP contribution in [0, 0.1) is 11.8 Å². The first-order valence-corrected chi connectivity index (χ1v) is 9.69. The third kappa shape index (κ3) is 2.73. The molecular weight excluding hydrogens is 370 g/mol. The molecule has 5 rings (SSSR count). The lowest BCUT2D eigenvalue weighted by atomic mass is 9.89. The number of carbonyl (C=O) groups excluding carboxylic acids is 4. The van der Waals surface area contributed by atoms with Crippen LogP contribution in [0.25, 0.3) is 0 Å². The molecule has 2 aromatic rings. The highest BCUT2D eigenvalue weighted by Crippen LogP contribution is 2.40. The zero-order valence-corrected chi connectivity index (χ0v) is 15.6. The zero-order valence-electron chi connectivity index (χ0n) is 15.6. The highest BCUT2D eigenvalue weighted by atomic mass is 16.2. The summed E-state index contributed by atoms with van der Waals surface area (Å²) in [4.78, 5) is 52.1. The van der Waals surface area contributed by atoms with Crippen molar-refractivity contribution in [1.29, 1.82) is 0 Å². The number of rotatable bonds is 3. The van der Waals surface area contributed by atoms with Gasteiger partial charge in [-0.2, -0.15) is 0 Å². The van der Waals surface area contributed by atoms with Gasteiger partial charge in [0.25, 0.3) is 11.8 Å². The lowest BCUT2D eigenvalue weighted by Crippen LogP contribution is -2.42. The maximum atomic E-state index is 13.1. The Balaban J connectivity index is 1.36. The fraction of sp³-hybridized carbons (Fsp3) is 0.273. The van der Waals surface area contributed by atoms with Gasteiger partial charge in [-0.25, -0.2) is 0 Å². The van der Waals surface area contributed by atoms with Crippen LogP contribution in [-0.2, 0) is 9.59 Å². The number of hydrogen-bond acceptors (Lipinski definition) is 5. The first-order valence-electron chi connectivity index (χ1n) is 9.69. The van der Waals surface area contributed by atoms with Crippen molar-refractivity contribution in [3.05, 3.63) is 59.7 Å². The van der Waals surface area contributed by atoms with E-state index in [2.05, 4.69) is 10.6 Å². The van der Waals surface area contributed by atoms with E-state index in [0.717, 1.165) is 10.6 Å². The number of Topliss-reactive ketones (excluding diaryl/α,β-unsaturated/α-hetero) is 1. The van der Waals surface area contributed by atoms with Crippen molar-refractivity contribution in [2.24, 2.45) is 11.8 Å². The summed E-state index contributed by atoms with van der Waals surface area (Å²) in [5.74, 6) is -2.44.